The summed E-state index contributed by atoms with van der Waals surface area (Å²) in [6, 6.07) is 0. The van der Waals surface area contributed by atoms with E-state index >= 15 is 0 Å². The molecule has 25 heavy (non-hydrogen) atoms. The minimum atomic E-state index is -0.306. The van der Waals surface area contributed by atoms with Gasteiger partial charge in [0.25, 0.3) is 0 Å². The predicted molar refractivity (Wildman–Crippen MR) is 92.2 cm³/mol. The molecular formula is C19H34O6. The average molecular weight is 358 g/mol. The van der Waals surface area contributed by atoms with Crippen molar-refractivity contribution in [3.63, 3.8) is 0 Å². The lowest BCUT2D eigenvalue weighted by molar-refractivity contribution is -0.191. The first kappa shape index (κ1) is 19.5. The van der Waals surface area contributed by atoms with Gasteiger partial charge in [-0.25, -0.2) is 0 Å². The summed E-state index contributed by atoms with van der Waals surface area (Å²) in [4.78, 5) is 0. The Hall–Kier alpha value is -0.240. The van der Waals surface area contributed by atoms with Gasteiger partial charge in [-0.3, -0.25) is 0 Å². The molecule has 0 bridgehead atoms. The first-order valence-electron chi connectivity index (χ1n) is 10.0. The van der Waals surface area contributed by atoms with Gasteiger partial charge in [0.05, 0.1) is 38.6 Å². The highest BCUT2D eigenvalue weighted by atomic mass is 16.7. The summed E-state index contributed by atoms with van der Waals surface area (Å²) in [5.41, 5.74) is 0. The van der Waals surface area contributed by atoms with Crippen molar-refractivity contribution < 1.29 is 28.8 Å². The average Bonchev–Trinajstić information content (AvgIpc) is 3.29. The molecule has 6 heteroatoms. The monoisotopic (exact) mass is 358 g/mol. The van der Waals surface area contributed by atoms with Crippen LogP contribution in [0, 0.1) is 0 Å². The van der Waals surface area contributed by atoms with Crippen molar-refractivity contribution >= 4 is 0 Å². The summed E-state index contributed by atoms with van der Waals surface area (Å²) in [7, 11) is 0. The number of aliphatic hydroxyl groups is 1. The summed E-state index contributed by atoms with van der Waals surface area (Å²) >= 11 is 0. The van der Waals surface area contributed by atoms with Crippen LogP contribution in [0.15, 0.2) is 0 Å². The SMILES string of the molecule is CCCOC1CCC2(CC1)OCCO2.OC1CCC2(CC1)OCCO2. The highest BCUT2D eigenvalue weighted by Crippen LogP contribution is 2.37. The van der Waals surface area contributed by atoms with Gasteiger partial charge >= 0.3 is 0 Å². The van der Waals surface area contributed by atoms with E-state index in [1.807, 2.05) is 0 Å². The minimum Gasteiger partial charge on any atom is -0.393 e. The lowest BCUT2D eigenvalue weighted by atomic mass is 9.92. The van der Waals surface area contributed by atoms with Crippen LogP contribution >= 0.6 is 0 Å². The fraction of sp³-hybridized carbons (Fsp3) is 1.00. The number of aliphatic hydroxyl groups excluding tert-OH is 1. The molecule has 1 N–H and O–H groups in total. The Bertz CT molecular complexity index is 369. The summed E-state index contributed by atoms with van der Waals surface area (Å²) in [6.45, 7) is 6.00. The zero-order valence-electron chi connectivity index (χ0n) is 15.5. The minimum absolute atomic E-state index is 0.131. The largest absolute Gasteiger partial charge is 0.393 e. The normalized spacial score (nSPS) is 31.2. The molecule has 0 radical (unpaired) electrons. The lowest BCUT2D eigenvalue weighted by Crippen LogP contribution is -2.37. The molecule has 2 saturated carbocycles. The Morgan fingerprint density at radius 1 is 0.800 bits per heavy atom. The Balaban J connectivity index is 0.000000150. The maximum atomic E-state index is 9.24. The lowest BCUT2D eigenvalue weighted by Gasteiger charge is -2.35. The molecule has 2 spiro atoms. The van der Waals surface area contributed by atoms with E-state index in [0.29, 0.717) is 6.10 Å². The van der Waals surface area contributed by atoms with Crippen molar-refractivity contribution in [3.05, 3.63) is 0 Å². The van der Waals surface area contributed by atoms with E-state index in [4.69, 9.17) is 23.7 Å². The quantitative estimate of drug-likeness (QED) is 0.837. The van der Waals surface area contributed by atoms with Crippen molar-refractivity contribution in [3.8, 4) is 0 Å². The van der Waals surface area contributed by atoms with Crippen LogP contribution in [-0.2, 0) is 23.7 Å². The molecule has 0 unspecified atom stereocenters. The second-order valence-electron chi connectivity index (χ2n) is 7.52. The van der Waals surface area contributed by atoms with Crippen LogP contribution in [0.2, 0.25) is 0 Å². The summed E-state index contributed by atoms with van der Waals surface area (Å²) in [6.07, 6.45) is 8.93. The molecular weight excluding hydrogens is 324 g/mol. The fourth-order valence-electron chi connectivity index (χ4n) is 4.10. The van der Waals surface area contributed by atoms with Gasteiger partial charge in [0.1, 0.15) is 0 Å². The smallest absolute Gasteiger partial charge is 0.168 e. The molecule has 0 atom stereocenters. The fourth-order valence-corrected chi connectivity index (χ4v) is 4.10. The number of hydrogen-bond acceptors (Lipinski definition) is 6. The van der Waals surface area contributed by atoms with Gasteiger partial charge < -0.3 is 28.8 Å². The van der Waals surface area contributed by atoms with Crippen LogP contribution < -0.4 is 0 Å². The van der Waals surface area contributed by atoms with E-state index in [-0.39, 0.29) is 17.7 Å². The van der Waals surface area contributed by atoms with Gasteiger partial charge in [-0.2, -0.15) is 0 Å². The maximum absolute atomic E-state index is 9.24. The summed E-state index contributed by atoms with van der Waals surface area (Å²) < 4.78 is 28.0. The van der Waals surface area contributed by atoms with E-state index in [9.17, 15) is 5.11 Å². The van der Waals surface area contributed by atoms with Crippen molar-refractivity contribution in [1.82, 2.24) is 0 Å². The molecule has 2 heterocycles. The highest BCUT2D eigenvalue weighted by Gasteiger charge is 2.41. The van der Waals surface area contributed by atoms with Crippen molar-refractivity contribution in [1.29, 1.82) is 0 Å². The Morgan fingerprint density at radius 2 is 1.24 bits per heavy atom. The van der Waals surface area contributed by atoms with Crippen LogP contribution in [0.4, 0.5) is 0 Å². The van der Waals surface area contributed by atoms with Crippen LogP contribution in [-0.4, -0.2) is 61.9 Å². The topological polar surface area (TPSA) is 66.4 Å². The van der Waals surface area contributed by atoms with E-state index in [2.05, 4.69) is 6.92 Å². The molecule has 4 fully saturated rings. The molecule has 2 aliphatic carbocycles. The molecule has 0 aromatic rings. The molecule has 0 amide bonds. The second-order valence-corrected chi connectivity index (χ2v) is 7.52. The van der Waals surface area contributed by atoms with Crippen molar-refractivity contribution in [2.24, 2.45) is 0 Å². The second kappa shape index (κ2) is 9.11. The van der Waals surface area contributed by atoms with Crippen LogP contribution in [0.5, 0.6) is 0 Å². The third-order valence-electron chi connectivity index (χ3n) is 5.60. The molecule has 2 saturated heterocycles. The Morgan fingerprint density at radius 3 is 1.68 bits per heavy atom. The first-order valence-corrected chi connectivity index (χ1v) is 10.0. The van der Waals surface area contributed by atoms with Crippen LogP contribution in [0.3, 0.4) is 0 Å². The van der Waals surface area contributed by atoms with Gasteiger partial charge in [-0.05, 0) is 32.1 Å². The Kier molecular flexibility index (Phi) is 7.11. The Labute approximate surface area is 151 Å². The van der Waals surface area contributed by atoms with Gasteiger partial charge in [-0.1, -0.05) is 6.92 Å². The third kappa shape index (κ3) is 5.37. The van der Waals surface area contributed by atoms with Gasteiger partial charge in [0.15, 0.2) is 11.6 Å². The number of ether oxygens (including phenoxy) is 5. The van der Waals surface area contributed by atoms with Crippen LogP contribution in [0.25, 0.3) is 0 Å². The molecule has 146 valence electrons. The predicted octanol–water partition coefficient (Wildman–Crippen LogP) is 2.76. The molecule has 4 aliphatic rings. The highest BCUT2D eigenvalue weighted by molar-refractivity contribution is 4.83. The molecule has 6 nitrogen and oxygen atoms in total. The van der Waals surface area contributed by atoms with Gasteiger partial charge in [-0.15, -0.1) is 0 Å². The number of rotatable bonds is 3. The third-order valence-corrected chi connectivity index (χ3v) is 5.60. The molecule has 0 aromatic heterocycles. The molecule has 0 aromatic carbocycles. The maximum Gasteiger partial charge on any atom is 0.168 e. The van der Waals surface area contributed by atoms with E-state index < -0.39 is 0 Å². The van der Waals surface area contributed by atoms with Crippen LogP contribution in [0.1, 0.15) is 64.7 Å². The zero-order chi connectivity index (χ0) is 17.6. The standard InChI is InChI=1S/C11H20O3.C8H14O3/c1-2-7-12-10-3-5-11(6-4-10)13-8-9-14-11;9-7-1-3-8(4-2-7)10-5-6-11-8/h10H,2-9H2,1H3;7,9H,1-6H2. The number of hydrogen-bond donors (Lipinski definition) is 1. The van der Waals surface area contributed by atoms with E-state index in [0.717, 1.165) is 90.8 Å². The van der Waals surface area contributed by atoms with E-state index in [1.165, 1.54) is 0 Å². The molecule has 2 aliphatic heterocycles. The van der Waals surface area contributed by atoms with E-state index in [1.54, 1.807) is 0 Å². The van der Waals surface area contributed by atoms with Gasteiger partial charge in [0, 0.05) is 32.3 Å². The zero-order valence-corrected chi connectivity index (χ0v) is 15.5. The van der Waals surface area contributed by atoms with Gasteiger partial charge in [0.2, 0.25) is 0 Å². The van der Waals surface area contributed by atoms with Crippen molar-refractivity contribution in [2.45, 2.75) is 88.5 Å². The summed E-state index contributed by atoms with van der Waals surface area (Å²) in [5.74, 6) is -0.536. The molecule has 4 rings (SSSR count). The van der Waals surface area contributed by atoms with Crippen molar-refractivity contribution in [2.75, 3.05) is 33.0 Å². The first-order chi connectivity index (χ1) is 12.2. The summed E-state index contributed by atoms with van der Waals surface area (Å²) in [5, 5.41) is 9.24.